The molecule has 0 aliphatic carbocycles. The topological polar surface area (TPSA) is 29.1 Å². The smallest absolute Gasteiger partial charge is 0.234 e. The lowest BCUT2D eigenvalue weighted by molar-refractivity contribution is -0.121. The van der Waals surface area contributed by atoms with Gasteiger partial charge in [0.25, 0.3) is 0 Å². The maximum absolute atomic E-state index is 11.4. The molecule has 0 radical (unpaired) electrons. The molecule has 2 atom stereocenters. The molecule has 2 nitrogen and oxygen atoms in total. The number of hydrogen-bond acceptors (Lipinski definition) is 1. The summed E-state index contributed by atoms with van der Waals surface area (Å²) in [6.45, 7) is 5.88. The quantitative estimate of drug-likeness (QED) is 0.596. The minimum Gasteiger partial charge on any atom is -0.352 e. The first-order valence-corrected chi connectivity index (χ1v) is 5.28. The van der Waals surface area contributed by atoms with Gasteiger partial charge in [0.05, 0.1) is 4.83 Å². The van der Waals surface area contributed by atoms with Gasteiger partial charge in [-0.15, -0.1) is 12.3 Å². The Bertz CT molecular complexity index is 207. The van der Waals surface area contributed by atoms with Crippen LogP contribution in [0.1, 0.15) is 27.2 Å². The lowest BCUT2D eigenvalue weighted by Gasteiger charge is -2.16. The van der Waals surface area contributed by atoms with Crippen LogP contribution in [0, 0.1) is 18.3 Å². The first-order chi connectivity index (χ1) is 5.99. The molecule has 0 aliphatic rings. The van der Waals surface area contributed by atoms with Crippen molar-refractivity contribution in [3.8, 4) is 12.3 Å². The number of rotatable bonds is 4. The fourth-order valence-corrected chi connectivity index (χ4v) is 0.985. The van der Waals surface area contributed by atoms with Gasteiger partial charge in [0, 0.05) is 12.5 Å². The van der Waals surface area contributed by atoms with E-state index in [2.05, 4.69) is 27.2 Å². The van der Waals surface area contributed by atoms with E-state index in [1.54, 1.807) is 0 Å². The number of hydrogen-bond donors (Lipinski definition) is 1. The number of amides is 1. The molecule has 0 bridgehead atoms. The van der Waals surface area contributed by atoms with Crippen molar-refractivity contribution in [2.45, 2.75) is 38.1 Å². The van der Waals surface area contributed by atoms with Crippen LogP contribution in [0.4, 0.5) is 0 Å². The summed E-state index contributed by atoms with van der Waals surface area (Å²) in [5.74, 6) is 2.81. The van der Waals surface area contributed by atoms with Gasteiger partial charge in [0.15, 0.2) is 0 Å². The van der Waals surface area contributed by atoms with Crippen LogP contribution in [0.15, 0.2) is 0 Å². The zero-order chi connectivity index (χ0) is 10.4. The number of carbonyl (C=O) groups is 1. The summed E-state index contributed by atoms with van der Waals surface area (Å²) < 4.78 is 0. The molecule has 0 spiro atoms. The first-order valence-electron chi connectivity index (χ1n) is 4.37. The number of halogens is 1. The second kappa shape index (κ2) is 6.04. The van der Waals surface area contributed by atoms with E-state index >= 15 is 0 Å². The summed E-state index contributed by atoms with van der Waals surface area (Å²) in [6, 6.07) is 0.0521. The summed E-state index contributed by atoms with van der Waals surface area (Å²) in [7, 11) is 0. The third kappa shape index (κ3) is 4.94. The maximum atomic E-state index is 11.4. The van der Waals surface area contributed by atoms with Crippen LogP contribution in [0.25, 0.3) is 0 Å². The number of alkyl halides is 1. The Morgan fingerprint density at radius 3 is 2.46 bits per heavy atom. The average molecular weight is 246 g/mol. The van der Waals surface area contributed by atoms with E-state index in [4.69, 9.17) is 6.42 Å². The second-order valence-electron chi connectivity index (χ2n) is 3.46. The normalized spacial score (nSPS) is 14.8. The van der Waals surface area contributed by atoms with Gasteiger partial charge >= 0.3 is 0 Å². The molecule has 0 aromatic heterocycles. The van der Waals surface area contributed by atoms with Crippen molar-refractivity contribution in [1.82, 2.24) is 5.32 Å². The summed E-state index contributed by atoms with van der Waals surface area (Å²) >= 11 is 3.32. The SMILES string of the molecule is C#CCC(C)NC(=O)C(Br)C(C)C. The summed E-state index contributed by atoms with van der Waals surface area (Å²) in [6.07, 6.45) is 5.70. The van der Waals surface area contributed by atoms with Gasteiger partial charge in [-0.1, -0.05) is 29.8 Å². The molecule has 0 rings (SSSR count). The predicted molar refractivity (Wildman–Crippen MR) is 58.6 cm³/mol. The van der Waals surface area contributed by atoms with Crippen molar-refractivity contribution >= 4 is 21.8 Å². The Labute approximate surface area is 88.6 Å². The fourth-order valence-electron chi connectivity index (χ4n) is 0.853. The van der Waals surface area contributed by atoms with Crippen LogP contribution in [-0.4, -0.2) is 16.8 Å². The average Bonchev–Trinajstić information content (AvgIpc) is 2.03. The van der Waals surface area contributed by atoms with Crippen molar-refractivity contribution in [3.05, 3.63) is 0 Å². The number of nitrogens with one attached hydrogen (secondary N) is 1. The van der Waals surface area contributed by atoms with Crippen molar-refractivity contribution < 1.29 is 4.79 Å². The Morgan fingerprint density at radius 2 is 2.08 bits per heavy atom. The Morgan fingerprint density at radius 1 is 1.54 bits per heavy atom. The van der Waals surface area contributed by atoms with Crippen LogP contribution < -0.4 is 5.32 Å². The molecule has 0 saturated carbocycles. The molecule has 0 aliphatic heterocycles. The van der Waals surface area contributed by atoms with Gasteiger partial charge in [-0.3, -0.25) is 4.79 Å². The van der Waals surface area contributed by atoms with Crippen molar-refractivity contribution in [2.75, 3.05) is 0 Å². The lowest BCUT2D eigenvalue weighted by Crippen LogP contribution is -2.39. The highest BCUT2D eigenvalue weighted by Gasteiger charge is 2.19. The highest BCUT2D eigenvalue weighted by molar-refractivity contribution is 9.10. The van der Waals surface area contributed by atoms with Crippen LogP contribution in [0.3, 0.4) is 0 Å². The van der Waals surface area contributed by atoms with E-state index in [1.165, 1.54) is 0 Å². The summed E-state index contributed by atoms with van der Waals surface area (Å²) in [4.78, 5) is 11.3. The molecule has 2 unspecified atom stereocenters. The standard InChI is InChI=1S/C10H16BrNO/c1-5-6-8(4)12-10(13)9(11)7(2)3/h1,7-9H,6H2,2-4H3,(H,12,13). The van der Waals surface area contributed by atoms with Gasteiger partial charge in [-0.05, 0) is 12.8 Å². The lowest BCUT2D eigenvalue weighted by atomic mass is 10.1. The molecule has 0 saturated heterocycles. The number of terminal acetylenes is 1. The van der Waals surface area contributed by atoms with E-state index in [0.717, 1.165) is 0 Å². The summed E-state index contributed by atoms with van der Waals surface area (Å²) in [5, 5.41) is 2.83. The molecule has 1 N–H and O–H groups in total. The zero-order valence-corrected chi connectivity index (χ0v) is 9.89. The van der Waals surface area contributed by atoms with Crippen molar-refractivity contribution in [1.29, 1.82) is 0 Å². The van der Waals surface area contributed by atoms with Gasteiger partial charge < -0.3 is 5.32 Å². The molecule has 0 aromatic carbocycles. The van der Waals surface area contributed by atoms with Crippen molar-refractivity contribution in [3.63, 3.8) is 0 Å². The minimum absolute atomic E-state index is 0.0118. The molecule has 3 heteroatoms. The molecule has 13 heavy (non-hydrogen) atoms. The van der Waals surface area contributed by atoms with Gasteiger partial charge in [-0.25, -0.2) is 0 Å². The van der Waals surface area contributed by atoms with Crippen LogP contribution in [0.5, 0.6) is 0 Å². The predicted octanol–water partition coefficient (Wildman–Crippen LogP) is 1.93. The minimum atomic E-state index is -0.132. The monoisotopic (exact) mass is 245 g/mol. The van der Waals surface area contributed by atoms with E-state index in [0.29, 0.717) is 6.42 Å². The van der Waals surface area contributed by atoms with Crippen LogP contribution in [0.2, 0.25) is 0 Å². The summed E-state index contributed by atoms with van der Waals surface area (Å²) in [5.41, 5.74) is 0. The van der Waals surface area contributed by atoms with E-state index in [-0.39, 0.29) is 22.7 Å². The molecule has 74 valence electrons. The van der Waals surface area contributed by atoms with Gasteiger partial charge in [0.1, 0.15) is 0 Å². The highest BCUT2D eigenvalue weighted by Crippen LogP contribution is 2.11. The molecular weight excluding hydrogens is 230 g/mol. The molecule has 0 aromatic rings. The molecule has 1 amide bonds. The van der Waals surface area contributed by atoms with E-state index in [1.807, 2.05) is 20.8 Å². The number of carbonyl (C=O) groups excluding carboxylic acids is 1. The first kappa shape index (κ1) is 12.5. The Hall–Kier alpha value is -0.490. The fraction of sp³-hybridized carbons (Fsp3) is 0.700. The molecule has 0 heterocycles. The highest BCUT2D eigenvalue weighted by atomic mass is 79.9. The van der Waals surface area contributed by atoms with E-state index in [9.17, 15) is 4.79 Å². The van der Waals surface area contributed by atoms with Crippen molar-refractivity contribution in [2.24, 2.45) is 5.92 Å². The van der Waals surface area contributed by atoms with E-state index < -0.39 is 0 Å². The third-order valence-electron chi connectivity index (χ3n) is 1.65. The Kier molecular flexibility index (Phi) is 5.81. The maximum Gasteiger partial charge on any atom is 0.234 e. The largest absolute Gasteiger partial charge is 0.352 e. The zero-order valence-electron chi connectivity index (χ0n) is 8.30. The Balaban J connectivity index is 3.94. The second-order valence-corrected chi connectivity index (χ2v) is 4.45. The molecule has 0 fully saturated rings. The van der Waals surface area contributed by atoms with Crippen LogP contribution in [-0.2, 0) is 4.79 Å². The third-order valence-corrected chi connectivity index (χ3v) is 3.12. The van der Waals surface area contributed by atoms with Gasteiger partial charge in [0.2, 0.25) is 5.91 Å². The van der Waals surface area contributed by atoms with Crippen LogP contribution >= 0.6 is 15.9 Å². The van der Waals surface area contributed by atoms with Gasteiger partial charge in [-0.2, -0.15) is 0 Å². The molecular formula is C10H16BrNO.